The topological polar surface area (TPSA) is 34.9 Å². The summed E-state index contributed by atoms with van der Waals surface area (Å²) in [6.07, 6.45) is 5.06. The van der Waals surface area contributed by atoms with E-state index in [1.807, 2.05) is 0 Å². The van der Waals surface area contributed by atoms with Gasteiger partial charge in [-0.2, -0.15) is 0 Å². The fraction of sp³-hybridized carbons (Fsp3) is 0.600. The van der Waals surface area contributed by atoms with Crippen LogP contribution in [0.5, 0.6) is 0 Å². The molecule has 0 spiro atoms. The van der Waals surface area contributed by atoms with E-state index in [4.69, 9.17) is 0 Å². The van der Waals surface area contributed by atoms with Crippen LogP contribution in [0.4, 0.5) is 0 Å². The highest BCUT2D eigenvalue weighted by atomic mass is 32.1. The van der Waals surface area contributed by atoms with Gasteiger partial charge in [0.25, 0.3) is 5.56 Å². The summed E-state index contributed by atoms with van der Waals surface area (Å²) in [4.78, 5) is 19.4. The predicted octanol–water partition coefficient (Wildman–Crippen LogP) is 3.24. The van der Waals surface area contributed by atoms with E-state index in [2.05, 4.69) is 25.8 Å². The highest BCUT2D eigenvalue weighted by Gasteiger charge is 2.23. The molecule has 0 amide bonds. The molecule has 2 heterocycles. The van der Waals surface area contributed by atoms with Gasteiger partial charge in [0.05, 0.1) is 11.7 Å². The first-order valence-electron chi connectivity index (χ1n) is 7.06. The second-order valence-electron chi connectivity index (χ2n) is 6.13. The molecule has 3 rings (SSSR count). The van der Waals surface area contributed by atoms with E-state index >= 15 is 0 Å². The molecule has 0 bridgehead atoms. The standard InChI is InChI=1S/C15H20N2OS/c1-9(2)7-17-8-16-14-13(15(17)18)11-5-4-10(3)6-12(11)19-14/h8-10H,4-7H2,1-3H3/t10-/m0/s1. The first kappa shape index (κ1) is 12.9. The lowest BCUT2D eigenvalue weighted by molar-refractivity contribution is 0.504. The van der Waals surface area contributed by atoms with Crippen molar-refractivity contribution in [2.75, 3.05) is 0 Å². The van der Waals surface area contributed by atoms with Crippen LogP contribution >= 0.6 is 11.3 Å². The van der Waals surface area contributed by atoms with Gasteiger partial charge < -0.3 is 0 Å². The number of nitrogens with zero attached hydrogens (tertiary/aromatic N) is 2. The quantitative estimate of drug-likeness (QED) is 0.844. The Morgan fingerprint density at radius 3 is 3.05 bits per heavy atom. The maximum Gasteiger partial charge on any atom is 0.262 e. The second kappa shape index (κ2) is 4.75. The van der Waals surface area contributed by atoms with Crippen molar-refractivity contribution >= 4 is 21.6 Å². The zero-order chi connectivity index (χ0) is 13.6. The largest absolute Gasteiger partial charge is 0.298 e. The van der Waals surface area contributed by atoms with Gasteiger partial charge in [0.2, 0.25) is 0 Å². The van der Waals surface area contributed by atoms with Gasteiger partial charge in [-0.1, -0.05) is 20.8 Å². The summed E-state index contributed by atoms with van der Waals surface area (Å²) in [5.74, 6) is 1.20. The summed E-state index contributed by atoms with van der Waals surface area (Å²) in [6.45, 7) is 7.30. The van der Waals surface area contributed by atoms with Crippen molar-refractivity contribution < 1.29 is 0 Å². The molecule has 19 heavy (non-hydrogen) atoms. The average Bonchev–Trinajstić information content (AvgIpc) is 2.70. The molecule has 1 atom stereocenters. The molecule has 4 heteroatoms. The van der Waals surface area contributed by atoms with E-state index in [0.29, 0.717) is 5.92 Å². The molecule has 0 fully saturated rings. The molecule has 2 aromatic heterocycles. The zero-order valence-electron chi connectivity index (χ0n) is 11.8. The van der Waals surface area contributed by atoms with E-state index in [0.717, 1.165) is 35.5 Å². The molecular formula is C15H20N2OS. The van der Waals surface area contributed by atoms with E-state index in [1.165, 1.54) is 16.9 Å². The molecule has 0 aromatic carbocycles. The lowest BCUT2D eigenvalue weighted by Gasteiger charge is -2.17. The number of aryl methyl sites for hydroxylation is 1. The number of hydrogen-bond acceptors (Lipinski definition) is 3. The van der Waals surface area contributed by atoms with Gasteiger partial charge >= 0.3 is 0 Å². The summed E-state index contributed by atoms with van der Waals surface area (Å²) in [7, 11) is 0. The molecule has 0 N–H and O–H groups in total. The molecule has 0 saturated heterocycles. The molecule has 0 radical (unpaired) electrons. The molecule has 2 aromatic rings. The van der Waals surface area contributed by atoms with Crippen LogP contribution in [0.2, 0.25) is 0 Å². The van der Waals surface area contributed by atoms with Crippen LogP contribution in [0.1, 0.15) is 37.6 Å². The minimum atomic E-state index is 0.158. The average molecular weight is 276 g/mol. The van der Waals surface area contributed by atoms with Crippen molar-refractivity contribution in [3.8, 4) is 0 Å². The van der Waals surface area contributed by atoms with Gasteiger partial charge in [-0.05, 0) is 36.7 Å². The molecule has 0 aliphatic heterocycles. The molecule has 0 saturated carbocycles. The summed E-state index contributed by atoms with van der Waals surface area (Å²) < 4.78 is 1.78. The van der Waals surface area contributed by atoms with Crippen molar-refractivity contribution in [3.63, 3.8) is 0 Å². The number of hydrogen-bond donors (Lipinski definition) is 0. The Bertz CT molecular complexity index is 669. The van der Waals surface area contributed by atoms with Crippen LogP contribution in [0.3, 0.4) is 0 Å². The van der Waals surface area contributed by atoms with Crippen LogP contribution in [-0.4, -0.2) is 9.55 Å². The van der Waals surface area contributed by atoms with Gasteiger partial charge in [0.1, 0.15) is 4.83 Å². The van der Waals surface area contributed by atoms with E-state index in [9.17, 15) is 4.79 Å². The summed E-state index contributed by atoms with van der Waals surface area (Å²) in [5.41, 5.74) is 1.44. The Balaban J connectivity index is 2.17. The lowest BCUT2D eigenvalue weighted by atomic mass is 9.89. The predicted molar refractivity (Wildman–Crippen MR) is 79.9 cm³/mol. The Kier molecular flexibility index (Phi) is 3.21. The molecule has 1 aliphatic carbocycles. The van der Waals surface area contributed by atoms with Gasteiger partial charge in [-0.15, -0.1) is 11.3 Å². The third kappa shape index (κ3) is 2.22. The Morgan fingerprint density at radius 1 is 1.53 bits per heavy atom. The summed E-state index contributed by atoms with van der Waals surface area (Å²) in [5, 5.41) is 0.898. The third-order valence-corrected chi connectivity index (χ3v) is 5.01. The first-order valence-corrected chi connectivity index (χ1v) is 7.87. The van der Waals surface area contributed by atoms with Crippen LogP contribution in [0, 0.1) is 11.8 Å². The van der Waals surface area contributed by atoms with Crippen molar-refractivity contribution in [2.24, 2.45) is 11.8 Å². The second-order valence-corrected chi connectivity index (χ2v) is 7.21. The van der Waals surface area contributed by atoms with Crippen LogP contribution in [0.25, 0.3) is 10.2 Å². The molecular weight excluding hydrogens is 256 g/mol. The fourth-order valence-electron chi connectivity index (χ4n) is 2.89. The van der Waals surface area contributed by atoms with Crippen LogP contribution < -0.4 is 5.56 Å². The number of aromatic nitrogens is 2. The Labute approximate surface area is 117 Å². The smallest absolute Gasteiger partial charge is 0.262 e. The van der Waals surface area contributed by atoms with Gasteiger partial charge in [-0.25, -0.2) is 4.98 Å². The number of thiophene rings is 1. The van der Waals surface area contributed by atoms with Crippen molar-refractivity contribution in [2.45, 2.75) is 46.6 Å². The number of fused-ring (bicyclic) bond motifs is 3. The fourth-order valence-corrected chi connectivity index (χ4v) is 4.23. The molecule has 3 nitrogen and oxygen atoms in total. The summed E-state index contributed by atoms with van der Waals surface area (Å²) in [6, 6.07) is 0. The molecule has 102 valence electrons. The normalized spacial score (nSPS) is 19.1. The van der Waals surface area contributed by atoms with E-state index < -0.39 is 0 Å². The minimum absolute atomic E-state index is 0.158. The lowest BCUT2D eigenvalue weighted by Crippen LogP contribution is -2.23. The molecule has 1 aliphatic rings. The highest BCUT2D eigenvalue weighted by molar-refractivity contribution is 7.18. The number of rotatable bonds is 2. The maximum atomic E-state index is 12.6. The summed E-state index contributed by atoms with van der Waals surface area (Å²) >= 11 is 1.72. The zero-order valence-corrected chi connectivity index (χ0v) is 12.6. The maximum absolute atomic E-state index is 12.6. The van der Waals surface area contributed by atoms with Gasteiger partial charge in [0, 0.05) is 11.4 Å². The van der Waals surface area contributed by atoms with Gasteiger partial charge in [-0.3, -0.25) is 9.36 Å². The van der Waals surface area contributed by atoms with Crippen molar-refractivity contribution in [3.05, 3.63) is 27.1 Å². The Morgan fingerprint density at radius 2 is 2.32 bits per heavy atom. The minimum Gasteiger partial charge on any atom is -0.298 e. The van der Waals surface area contributed by atoms with Gasteiger partial charge in [0.15, 0.2) is 0 Å². The van der Waals surface area contributed by atoms with E-state index in [-0.39, 0.29) is 5.56 Å². The highest BCUT2D eigenvalue weighted by Crippen LogP contribution is 2.35. The van der Waals surface area contributed by atoms with Crippen LogP contribution in [0.15, 0.2) is 11.1 Å². The molecule has 0 unspecified atom stereocenters. The van der Waals surface area contributed by atoms with Crippen molar-refractivity contribution in [1.29, 1.82) is 0 Å². The third-order valence-electron chi connectivity index (χ3n) is 3.84. The van der Waals surface area contributed by atoms with Crippen molar-refractivity contribution in [1.82, 2.24) is 9.55 Å². The first-order chi connectivity index (χ1) is 9.06. The van der Waals surface area contributed by atoms with E-state index in [1.54, 1.807) is 22.2 Å². The monoisotopic (exact) mass is 276 g/mol. The SMILES string of the molecule is CC(C)Cn1cnc2sc3c(c2c1=O)CC[C@H](C)C3. The Hall–Kier alpha value is -1.16. The van der Waals surface area contributed by atoms with Crippen LogP contribution in [-0.2, 0) is 19.4 Å².